The number of phenols is 1. The summed E-state index contributed by atoms with van der Waals surface area (Å²) < 4.78 is 29.9. The van der Waals surface area contributed by atoms with Crippen LogP contribution in [0, 0.1) is 0 Å². The number of hydrogen-bond donors (Lipinski definition) is 4. The highest BCUT2D eigenvalue weighted by Crippen LogP contribution is 2.27. The Labute approximate surface area is 84.5 Å². The summed E-state index contributed by atoms with van der Waals surface area (Å²) in [4.78, 5) is 9.89. The fourth-order valence-electron chi connectivity index (χ4n) is 1.00. The molecule has 0 aromatic heterocycles. The van der Waals surface area contributed by atoms with E-state index in [2.05, 4.69) is 0 Å². The molecule has 0 atom stereocenters. The van der Waals surface area contributed by atoms with Crippen LogP contribution < -0.4 is 5.73 Å². The lowest BCUT2D eigenvalue weighted by Gasteiger charge is -2.05. The summed E-state index contributed by atoms with van der Waals surface area (Å²) in [5.41, 5.74) is 4.15. The molecule has 0 radical (unpaired) electrons. The lowest BCUT2D eigenvalue weighted by Crippen LogP contribution is -2.06. The van der Waals surface area contributed by atoms with Gasteiger partial charge in [0.15, 0.2) is 0 Å². The zero-order valence-electron chi connectivity index (χ0n) is 7.21. The first kappa shape index (κ1) is 11.3. The zero-order valence-corrected chi connectivity index (χ0v) is 8.02. The largest absolute Gasteiger partial charge is 0.507 e. The lowest BCUT2D eigenvalue weighted by atomic mass is 10.1. The SMILES string of the molecule is Nc1cc(S(=O)(=O)O)cc(O)c1C(=O)O. The Morgan fingerprint density at radius 3 is 2.20 bits per heavy atom. The minimum Gasteiger partial charge on any atom is -0.507 e. The van der Waals surface area contributed by atoms with Crippen LogP contribution in [0.1, 0.15) is 10.4 Å². The average molecular weight is 233 g/mol. The van der Waals surface area contributed by atoms with Gasteiger partial charge in [-0.25, -0.2) is 4.79 Å². The van der Waals surface area contributed by atoms with E-state index in [4.69, 9.17) is 20.5 Å². The minimum atomic E-state index is -4.52. The van der Waals surface area contributed by atoms with Gasteiger partial charge in [-0.1, -0.05) is 0 Å². The number of carboxylic acid groups (broad SMARTS) is 1. The van der Waals surface area contributed by atoms with Crippen molar-refractivity contribution in [2.75, 3.05) is 5.73 Å². The van der Waals surface area contributed by atoms with Crippen molar-refractivity contribution in [1.82, 2.24) is 0 Å². The Morgan fingerprint density at radius 1 is 1.33 bits per heavy atom. The summed E-state index contributed by atoms with van der Waals surface area (Å²) in [6.45, 7) is 0. The van der Waals surface area contributed by atoms with Crippen LogP contribution in [0.25, 0.3) is 0 Å². The molecular formula is C7H7NO6S. The maximum absolute atomic E-state index is 10.7. The molecule has 0 aliphatic carbocycles. The van der Waals surface area contributed by atoms with Crippen molar-refractivity contribution in [1.29, 1.82) is 0 Å². The van der Waals surface area contributed by atoms with Crippen molar-refractivity contribution >= 4 is 21.8 Å². The summed E-state index contributed by atoms with van der Waals surface area (Å²) in [5.74, 6) is -2.32. The first-order chi connectivity index (χ1) is 6.73. The second-order valence-corrected chi connectivity index (χ2v) is 4.11. The summed E-state index contributed by atoms with van der Waals surface area (Å²) >= 11 is 0. The van der Waals surface area contributed by atoms with Gasteiger partial charge in [0.25, 0.3) is 10.1 Å². The quantitative estimate of drug-likeness (QED) is 0.414. The van der Waals surface area contributed by atoms with Gasteiger partial charge in [0, 0.05) is 6.07 Å². The predicted octanol–water partition coefficient (Wildman–Crippen LogP) is -0.0807. The Hall–Kier alpha value is -1.80. The lowest BCUT2D eigenvalue weighted by molar-refractivity contribution is 0.0695. The Bertz CT molecular complexity index is 497. The van der Waals surface area contributed by atoms with Gasteiger partial charge in [-0.05, 0) is 6.07 Å². The molecule has 0 saturated heterocycles. The minimum absolute atomic E-state index is 0.449. The van der Waals surface area contributed by atoms with Gasteiger partial charge in [0.1, 0.15) is 11.3 Å². The Balaban J connectivity index is 3.52. The van der Waals surface area contributed by atoms with Crippen molar-refractivity contribution in [2.24, 2.45) is 0 Å². The zero-order chi connectivity index (χ0) is 11.8. The molecule has 8 heteroatoms. The molecular weight excluding hydrogens is 226 g/mol. The highest BCUT2D eigenvalue weighted by atomic mass is 32.2. The molecule has 0 spiro atoms. The van der Waals surface area contributed by atoms with Crippen LogP contribution >= 0.6 is 0 Å². The number of nitrogens with two attached hydrogens (primary N) is 1. The van der Waals surface area contributed by atoms with Gasteiger partial charge in [-0.15, -0.1) is 0 Å². The second kappa shape index (κ2) is 3.41. The van der Waals surface area contributed by atoms with Crippen molar-refractivity contribution in [2.45, 2.75) is 4.90 Å². The van der Waals surface area contributed by atoms with E-state index in [1.165, 1.54) is 0 Å². The molecule has 0 fully saturated rings. The smallest absolute Gasteiger partial charge is 0.341 e. The van der Waals surface area contributed by atoms with Crippen molar-refractivity contribution < 1.29 is 28.0 Å². The van der Waals surface area contributed by atoms with Gasteiger partial charge in [0.05, 0.1) is 10.6 Å². The van der Waals surface area contributed by atoms with Gasteiger partial charge in [-0.3, -0.25) is 4.55 Å². The van der Waals surface area contributed by atoms with E-state index in [-0.39, 0.29) is 0 Å². The topological polar surface area (TPSA) is 138 Å². The summed E-state index contributed by atoms with van der Waals surface area (Å²) in [5, 5.41) is 17.8. The van der Waals surface area contributed by atoms with E-state index < -0.39 is 38.0 Å². The second-order valence-electron chi connectivity index (χ2n) is 2.69. The van der Waals surface area contributed by atoms with Gasteiger partial charge < -0.3 is 15.9 Å². The van der Waals surface area contributed by atoms with Gasteiger partial charge in [-0.2, -0.15) is 8.42 Å². The highest BCUT2D eigenvalue weighted by Gasteiger charge is 2.19. The third kappa shape index (κ3) is 2.17. The Morgan fingerprint density at radius 2 is 1.87 bits per heavy atom. The summed E-state index contributed by atoms with van der Waals surface area (Å²) in [6.07, 6.45) is 0. The molecule has 15 heavy (non-hydrogen) atoms. The number of hydrogen-bond acceptors (Lipinski definition) is 5. The normalized spacial score (nSPS) is 11.3. The van der Waals surface area contributed by atoms with Crippen molar-refractivity contribution in [3.63, 3.8) is 0 Å². The fraction of sp³-hybridized carbons (Fsp3) is 0. The molecule has 0 saturated carbocycles. The average Bonchev–Trinajstić information content (AvgIpc) is 1.99. The summed E-state index contributed by atoms with van der Waals surface area (Å²) in [6, 6.07) is 1.35. The first-order valence-electron chi connectivity index (χ1n) is 3.56. The number of aromatic hydroxyl groups is 1. The van der Waals surface area contributed by atoms with Crippen LogP contribution in [0.4, 0.5) is 5.69 Å². The third-order valence-electron chi connectivity index (χ3n) is 1.63. The predicted molar refractivity (Wildman–Crippen MR) is 49.3 cm³/mol. The van der Waals surface area contributed by atoms with Crippen LogP contribution in [0.2, 0.25) is 0 Å². The molecule has 0 bridgehead atoms. The van der Waals surface area contributed by atoms with E-state index in [9.17, 15) is 13.2 Å². The number of carbonyl (C=O) groups is 1. The highest BCUT2D eigenvalue weighted by molar-refractivity contribution is 7.85. The number of carboxylic acids is 1. The van der Waals surface area contributed by atoms with Crippen LogP contribution in [0.3, 0.4) is 0 Å². The molecule has 7 nitrogen and oxygen atoms in total. The van der Waals surface area contributed by atoms with E-state index >= 15 is 0 Å². The van der Waals surface area contributed by atoms with Crippen LogP contribution in [0.5, 0.6) is 5.75 Å². The molecule has 0 heterocycles. The van der Waals surface area contributed by atoms with Crippen LogP contribution in [-0.2, 0) is 10.1 Å². The third-order valence-corrected chi connectivity index (χ3v) is 2.46. The maximum Gasteiger partial charge on any atom is 0.341 e. The molecule has 1 aromatic rings. The number of aromatic carboxylic acids is 1. The van der Waals surface area contributed by atoms with Crippen molar-refractivity contribution in [3.8, 4) is 5.75 Å². The molecule has 1 rings (SSSR count). The van der Waals surface area contributed by atoms with Crippen LogP contribution in [0.15, 0.2) is 17.0 Å². The molecule has 0 aliphatic rings. The van der Waals surface area contributed by atoms with Crippen LogP contribution in [-0.4, -0.2) is 29.2 Å². The molecule has 0 amide bonds. The standard InChI is InChI=1S/C7H7NO6S/c8-4-1-3(15(12,13)14)2-5(9)6(4)7(10)11/h1-2,9H,8H2,(H,10,11)(H,12,13,14). The Kier molecular flexibility index (Phi) is 2.56. The van der Waals surface area contributed by atoms with E-state index in [0.29, 0.717) is 6.07 Å². The molecule has 5 N–H and O–H groups in total. The number of benzene rings is 1. The van der Waals surface area contributed by atoms with E-state index in [0.717, 1.165) is 6.07 Å². The van der Waals surface area contributed by atoms with Crippen molar-refractivity contribution in [3.05, 3.63) is 17.7 Å². The summed E-state index contributed by atoms with van der Waals surface area (Å²) in [7, 11) is -4.52. The maximum atomic E-state index is 10.7. The first-order valence-corrected chi connectivity index (χ1v) is 5.00. The monoisotopic (exact) mass is 233 g/mol. The molecule has 82 valence electrons. The molecule has 1 aromatic carbocycles. The molecule has 0 aliphatic heterocycles. The number of anilines is 1. The van der Waals surface area contributed by atoms with Gasteiger partial charge in [0.2, 0.25) is 0 Å². The molecule has 0 unspecified atom stereocenters. The number of rotatable bonds is 2. The number of nitrogen functional groups attached to an aromatic ring is 1. The van der Waals surface area contributed by atoms with E-state index in [1.807, 2.05) is 0 Å². The van der Waals surface area contributed by atoms with Gasteiger partial charge >= 0.3 is 5.97 Å². The fourth-order valence-corrected chi connectivity index (χ4v) is 1.54. The van der Waals surface area contributed by atoms with E-state index in [1.54, 1.807) is 0 Å².